The highest BCUT2D eigenvalue weighted by Gasteiger charge is 2.26. The van der Waals surface area contributed by atoms with Gasteiger partial charge in [0.25, 0.3) is 0 Å². The maximum Gasteiger partial charge on any atom is 0.243 e. The van der Waals surface area contributed by atoms with Crippen LogP contribution in [0.2, 0.25) is 0 Å². The van der Waals surface area contributed by atoms with Crippen molar-refractivity contribution in [2.24, 2.45) is 0 Å². The average molecular weight is 442 g/mol. The standard InChI is InChI=1S/C22H23N3O3S2/c26-21(15-19-16-29-22(24-19)17-8-3-1-4-9-17)23-18-10-7-11-20(14-18)30(27,28)25-12-5-2-6-13-25/h1,3-4,7-11,14,16H,2,5-6,12-13,15H2,(H,23,26). The van der Waals surface area contributed by atoms with E-state index in [1.54, 1.807) is 18.2 Å². The third-order valence-electron chi connectivity index (χ3n) is 4.98. The molecule has 4 rings (SSSR count). The molecule has 0 aliphatic carbocycles. The number of thiazole rings is 1. The largest absolute Gasteiger partial charge is 0.326 e. The number of amides is 1. The predicted octanol–water partition coefficient (Wildman–Crippen LogP) is 4.17. The lowest BCUT2D eigenvalue weighted by atomic mass is 10.2. The van der Waals surface area contributed by atoms with Gasteiger partial charge in [-0.05, 0) is 31.0 Å². The molecule has 0 saturated carbocycles. The Labute approximate surface area is 180 Å². The summed E-state index contributed by atoms with van der Waals surface area (Å²) in [7, 11) is -3.54. The van der Waals surface area contributed by atoms with Crippen LogP contribution in [-0.4, -0.2) is 36.7 Å². The molecule has 1 aliphatic rings. The summed E-state index contributed by atoms with van der Waals surface area (Å²) in [4.78, 5) is 17.2. The van der Waals surface area contributed by atoms with E-state index in [-0.39, 0.29) is 17.2 Å². The zero-order valence-electron chi connectivity index (χ0n) is 16.5. The number of carbonyl (C=O) groups is 1. The second-order valence-corrected chi connectivity index (χ2v) is 10.0. The molecule has 156 valence electrons. The first-order valence-corrected chi connectivity index (χ1v) is 12.2. The quantitative estimate of drug-likeness (QED) is 0.623. The van der Waals surface area contributed by atoms with Crippen LogP contribution in [0.1, 0.15) is 25.0 Å². The number of anilines is 1. The van der Waals surface area contributed by atoms with Crippen LogP contribution in [0.4, 0.5) is 5.69 Å². The molecule has 30 heavy (non-hydrogen) atoms. The summed E-state index contributed by atoms with van der Waals surface area (Å²) in [6.45, 7) is 1.10. The van der Waals surface area contributed by atoms with E-state index in [1.165, 1.54) is 21.7 Å². The van der Waals surface area contributed by atoms with Crippen LogP contribution < -0.4 is 5.32 Å². The van der Waals surface area contributed by atoms with E-state index in [2.05, 4.69) is 10.3 Å². The van der Waals surface area contributed by atoms with E-state index in [0.29, 0.717) is 24.5 Å². The Bertz CT molecular complexity index is 1120. The molecule has 0 spiro atoms. The van der Waals surface area contributed by atoms with Gasteiger partial charge in [-0.3, -0.25) is 4.79 Å². The number of benzene rings is 2. The van der Waals surface area contributed by atoms with Crippen molar-refractivity contribution in [1.82, 2.24) is 9.29 Å². The highest BCUT2D eigenvalue weighted by molar-refractivity contribution is 7.89. The van der Waals surface area contributed by atoms with Crippen LogP contribution in [0, 0.1) is 0 Å². The van der Waals surface area contributed by atoms with E-state index in [0.717, 1.165) is 29.8 Å². The van der Waals surface area contributed by atoms with Crippen molar-refractivity contribution in [3.63, 3.8) is 0 Å². The Morgan fingerprint density at radius 2 is 1.80 bits per heavy atom. The van der Waals surface area contributed by atoms with E-state index in [1.807, 2.05) is 35.7 Å². The first-order valence-electron chi connectivity index (χ1n) is 9.92. The average Bonchev–Trinajstić information content (AvgIpc) is 3.23. The van der Waals surface area contributed by atoms with Gasteiger partial charge >= 0.3 is 0 Å². The van der Waals surface area contributed by atoms with Crippen molar-refractivity contribution < 1.29 is 13.2 Å². The SMILES string of the molecule is O=C(Cc1csc(-c2ccccc2)n1)Nc1cccc(S(=O)(=O)N2CCCCC2)c1. The number of nitrogens with one attached hydrogen (secondary N) is 1. The maximum absolute atomic E-state index is 12.9. The summed E-state index contributed by atoms with van der Waals surface area (Å²) in [6, 6.07) is 16.3. The van der Waals surface area contributed by atoms with Crippen molar-refractivity contribution in [1.29, 1.82) is 0 Å². The van der Waals surface area contributed by atoms with Gasteiger partial charge in [0.15, 0.2) is 0 Å². The van der Waals surface area contributed by atoms with Crippen molar-refractivity contribution in [2.75, 3.05) is 18.4 Å². The minimum Gasteiger partial charge on any atom is -0.326 e. The molecule has 6 nitrogen and oxygen atoms in total. The van der Waals surface area contributed by atoms with Crippen LogP contribution in [-0.2, 0) is 21.2 Å². The molecular formula is C22H23N3O3S2. The fraction of sp³-hybridized carbons (Fsp3) is 0.273. The van der Waals surface area contributed by atoms with Crippen molar-refractivity contribution >= 4 is 33.0 Å². The summed E-state index contributed by atoms with van der Waals surface area (Å²) >= 11 is 1.50. The van der Waals surface area contributed by atoms with Crippen LogP contribution in [0.5, 0.6) is 0 Å². The molecule has 0 atom stereocenters. The fourth-order valence-electron chi connectivity index (χ4n) is 3.46. The molecule has 1 aliphatic heterocycles. The van der Waals surface area contributed by atoms with Crippen molar-refractivity contribution in [3.05, 3.63) is 65.7 Å². The predicted molar refractivity (Wildman–Crippen MR) is 119 cm³/mol. The lowest BCUT2D eigenvalue weighted by Gasteiger charge is -2.26. The first-order chi connectivity index (χ1) is 14.5. The second kappa shape index (κ2) is 9.07. The van der Waals surface area contributed by atoms with Gasteiger partial charge < -0.3 is 5.32 Å². The maximum atomic E-state index is 12.9. The van der Waals surface area contributed by atoms with Crippen molar-refractivity contribution in [2.45, 2.75) is 30.6 Å². The number of hydrogen-bond donors (Lipinski definition) is 1. The smallest absolute Gasteiger partial charge is 0.243 e. The minimum absolute atomic E-state index is 0.131. The third-order valence-corrected chi connectivity index (χ3v) is 7.82. The second-order valence-electron chi connectivity index (χ2n) is 7.23. The summed E-state index contributed by atoms with van der Waals surface area (Å²) in [6.07, 6.45) is 2.96. The third kappa shape index (κ3) is 4.77. The molecular weight excluding hydrogens is 418 g/mol. The molecule has 1 aromatic heterocycles. The Kier molecular flexibility index (Phi) is 6.26. The summed E-state index contributed by atoms with van der Waals surface area (Å²) in [5, 5.41) is 5.54. The van der Waals surface area contributed by atoms with Crippen LogP contribution in [0.15, 0.2) is 64.9 Å². The molecule has 8 heteroatoms. The van der Waals surface area contributed by atoms with E-state index >= 15 is 0 Å². The van der Waals surface area contributed by atoms with Gasteiger partial charge in [-0.1, -0.05) is 42.8 Å². The number of piperidine rings is 1. The van der Waals surface area contributed by atoms with Gasteiger partial charge in [0, 0.05) is 29.7 Å². The molecule has 1 amide bonds. The zero-order chi connectivity index (χ0) is 21.0. The summed E-state index contributed by atoms with van der Waals surface area (Å²) < 4.78 is 27.2. The molecule has 2 heterocycles. The molecule has 0 bridgehead atoms. The highest BCUT2D eigenvalue weighted by atomic mass is 32.2. The van der Waals surface area contributed by atoms with Gasteiger partial charge in [0.05, 0.1) is 17.0 Å². The molecule has 2 aromatic carbocycles. The Morgan fingerprint density at radius 3 is 2.57 bits per heavy atom. The first kappa shape index (κ1) is 20.7. The van der Waals surface area contributed by atoms with Crippen molar-refractivity contribution in [3.8, 4) is 10.6 Å². The van der Waals surface area contributed by atoms with Crippen LogP contribution in [0.3, 0.4) is 0 Å². The topological polar surface area (TPSA) is 79.4 Å². The number of hydrogen-bond acceptors (Lipinski definition) is 5. The molecule has 1 fully saturated rings. The normalized spacial score (nSPS) is 15.1. The Balaban J connectivity index is 1.43. The van der Waals surface area contributed by atoms with Crippen LogP contribution in [0.25, 0.3) is 10.6 Å². The van der Waals surface area contributed by atoms with Gasteiger partial charge in [0.1, 0.15) is 5.01 Å². The molecule has 0 unspecified atom stereocenters. The van der Waals surface area contributed by atoms with E-state index in [4.69, 9.17) is 0 Å². The Hall–Kier alpha value is -2.55. The molecule has 0 radical (unpaired) electrons. The molecule has 1 saturated heterocycles. The van der Waals surface area contributed by atoms with E-state index in [9.17, 15) is 13.2 Å². The molecule has 3 aromatic rings. The van der Waals surface area contributed by atoms with E-state index < -0.39 is 10.0 Å². The minimum atomic E-state index is -3.54. The number of nitrogens with zero attached hydrogens (tertiary/aromatic N) is 2. The monoisotopic (exact) mass is 441 g/mol. The van der Waals surface area contributed by atoms with Gasteiger partial charge in [0.2, 0.25) is 15.9 Å². The highest BCUT2D eigenvalue weighted by Crippen LogP contribution is 2.25. The summed E-state index contributed by atoms with van der Waals surface area (Å²) in [5.41, 5.74) is 2.18. The summed E-state index contributed by atoms with van der Waals surface area (Å²) in [5.74, 6) is -0.229. The van der Waals surface area contributed by atoms with Gasteiger partial charge in [-0.25, -0.2) is 13.4 Å². The van der Waals surface area contributed by atoms with Gasteiger partial charge in [-0.15, -0.1) is 11.3 Å². The number of aromatic nitrogens is 1. The lowest BCUT2D eigenvalue weighted by Crippen LogP contribution is -2.35. The number of sulfonamides is 1. The lowest BCUT2D eigenvalue weighted by molar-refractivity contribution is -0.115. The number of rotatable bonds is 6. The zero-order valence-corrected chi connectivity index (χ0v) is 18.1. The fourth-order valence-corrected chi connectivity index (χ4v) is 5.85. The van der Waals surface area contributed by atoms with Crippen LogP contribution >= 0.6 is 11.3 Å². The Morgan fingerprint density at radius 1 is 1.03 bits per heavy atom. The van der Waals surface area contributed by atoms with Gasteiger partial charge in [-0.2, -0.15) is 4.31 Å². The number of carbonyl (C=O) groups excluding carboxylic acids is 1. The molecule has 1 N–H and O–H groups in total.